The van der Waals surface area contributed by atoms with Gasteiger partial charge < -0.3 is 5.11 Å². The molecule has 0 spiro atoms. The number of carbonyl (C=O) groups is 1. The van der Waals surface area contributed by atoms with E-state index >= 15 is 0 Å². The molecular weight excluding hydrogens is 296 g/mol. The predicted octanol–water partition coefficient (Wildman–Crippen LogP) is 2.79. The fourth-order valence-electron chi connectivity index (χ4n) is 1.89. The summed E-state index contributed by atoms with van der Waals surface area (Å²) in [5.74, 6) is -0.870. The molecular formula is C13H13BrN2O2. The van der Waals surface area contributed by atoms with Gasteiger partial charge in [-0.1, -0.05) is 22.0 Å². The van der Waals surface area contributed by atoms with Crippen molar-refractivity contribution in [2.75, 3.05) is 0 Å². The van der Waals surface area contributed by atoms with Gasteiger partial charge in [0.2, 0.25) is 0 Å². The highest BCUT2D eigenvalue weighted by molar-refractivity contribution is 9.10. The molecule has 0 radical (unpaired) electrons. The van der Waals surface area contributed by atoms with Crippen LogP contribution in [0.3, 0.4) is 0 Å². The number of hydrogen-bond donors (Lipinski definition) is 1. The van der Waals surface area contributed by atoms with Gasteiger partial charge in [0.25, 0.3) is 0 Å². The van der Waals surface area contributed by atoms with Crippen LogP contribution in [0.4, 0.5) is 0 Å². The van der Waals surface area contributed by atoms with Crippen LogP contribution in [0.5, 0.6) is 0 Å². The van der Waals surface area contributed by atoms with Crippen molar-refractivity contribution in [2.45, 2.75) is 13.3 Å². The molecule has 0 saturated heterocycles. The summed E-state index contributed by atoms with van der Waals surface area (Å²) in [4.78, 5) is 10.7. The van der Waals surface area contributed by atoms with Gasteiger partial charge in [-0.3, -0.25) is 9.48 Å². The number of nitrogens with zero attached hydrogens (tertiary/aromatic N) is 2. The Hall–Kier alpha value is -1.62. The third-order valence-electron chi connectivity index (χ3n) is 2.74. The number of aryl methyl sites for hydroxylation is 2. The lowest BCUT2D eigenvalue weighted by Gasteiger charge is -2.06. The molecule has 0 amide bonds. The highest BCUT2D eigenvalue weighted by Gasteiger charge is 2.12. The number of aliphatic carboxylic acids is 1. The number of carboxylic acids is 1. The van der Waals surface area contributed by atoms with Gasteiger partial charge in [-0.05, 0) is 30.7 Å². The van der Waals surface area contributed by atoms with E-state index in [9.17, 15) is 4.79 Å². The maximum atomic E-state index is 10.7. The zero-order chi connectivity index (χ0) is 13.3. The average molecular weight is 309 g/mol. The van der Waals surface area contributed by atoms with E-state index in [-0.39, 0.29) is 6.42 Å². The van der Waals surface area contributed by atoms with Crippen LogP contribution in [-0.2, 0) is 18.3 Å². The van der Waals surface area contributed by atoms with Gasteiger partial charge in [0, 0.05) is 17.1 Å². The molecule has 0 aliphatic rings. The van der Waals surface area contributed by atoms with Crippen LogP contribution in [0.1, 0.15) is 11.3 Å². The summed E-state index contributed by atoms with van der Waals surface area (Å²) in [5.41, 5.74) is 3.67. The minimum atomic E-state index is -0.870. The molecule has 0 atom stereocenters. The summed E-state index contributed by atoms with van der Waals surface area (Å²) >= 11 is 3.44. The molecule has 1 N–H and O–H groups in total. The van der Waals surface area contributed by atoms with Crippen molar-refractivity contribution in [1.29, 1.82) is 0 Å². The number of carboxylic acid groups (broad SMARTS) is 1. The van der Waals surface area contributed by atoms with Gasteiger partial charge in [-0.2, -0.15) is 5.10 Å². The van der Waals surface area contributed by atoms with Gasteiger partial charge >= 0.3 is 5.97 Å². The Balaban J connectivity index is 2.47. The SMILES string of the molecule is Cc1ccc(Br)cc1-c1cc(CC(=O)O)nn1C. The molecule has 1 heterocycles. The molecule has 94 valence electrons. The lowest BCUT2D eigenvalue weighted by Crippen LogP contribution is -2.01. The largest absolute Gasteiger partial charge is 0.481 e. The highest BCUT2D eigenvalue weighted by Crippen LogP contribution is 2.27. The minimum absolute atomic E-state index is 0.0547. The van der Waals surface area contributed by atoms with Crippen molar-refractivity contribution >= 4 is 21.9 Å². The highest BCUT2D eigenvalue weighted by atomic mass is 79.9. The van der Waals surface area contributed by atoms with Crippen LogP contribution in [0.2, 0.25) is 0 Å². The van der Waals surface area contributed by atoms with Gasteiger partial charge in [0.05, 0.1) is 17.8 Å². The first kappa shape index (κ1) is 12.8. The molecule has 0 unspecified atom stereocenters. The third-order valence-corrected chi connectivity index (χ3v) is 3.23. The smallest absolute Gasteiger partial charge is 0.309 e. The molecule has 0 fully saturated rings. The summed E-state index contributed by atoms with van der Waals surface area (Å²) in [5, 5.41) is 13.0. The summed E-state index contributed by atoms with van der Waals surface area (Å²) in [6, 6.07) is 7.83. The van der Waals surface area contributed by atoms with Crippen LogP contribution in [-0.4, -0.2) is 20.9 Å². The molecule has 2 aromatic rings. The first-order valence-corrected chi connectivity index (χ1v) is 6.28. The first-order valence-electron chi connectivity index (χ1n) is 5.48. The molecule has 0 aliphatic heterocycles. The van der Waals surface area contributed by atoms with Crippen LogP contribution in [0.15, 0.2) is 28.7 Å². The van der Waals surface area contributed by atoms with Gasteiger partial charge in [-0.25, -0.2) is 0 Å². The van der Waals surface area contributed by atoms with E-state index in [1.807, 2.05) is 38.2 Å². The quantitative estimate of drug-likeness (QED) is 0.948. The average Bonchev–Trinajstić information content (AvgIpc) is 2.62. The maximum Gasteiger partial charge on any atom is 0.309 e. The first-order chi connectivity index (χ1) is 8.47. The van der Waals surface area contributed by atoms with Crippen LogP contribution in [0.25, 0.3) is 11.3 Å². The Morgan fingerprint density at radius 3 is 2.83 bits per heavy atom. The molecule has 18 heavy (non-hydrogen) atoms. The molecule has 1 aromatic heterocycles. The maximum absolute atomic E-state index is 10.7. The molecule has 1 aromatic carbocycles. The Kier molecular flexibility index (Phi) is 3.52. The second-order valence-electron chi connectivity index (χ2n) is 4.17. The van der Waals surface area contributed by atoms with Crippen molar-refractivity contribution in [3.8, 4) is 11.3 Å². The monoisotopic (exact) mass is 308 g/mol. The van der Waals surface area contributed by atoms with E-state index in [2.05, 4.69) is 21.0 Å². The number of benzene rings is 1. The number of rotatable bonds is 3. The number of halogens is 1. The second kappa shape index (κ2) is 4.94. The van der Waals surface area contributed by atoms with E-state index in [1.54, 1.807) is 4.68 Å². The van der Waals surface area contributed by atoms with E-state index in [0.717, 1.165) is 21.3 Å². The molecule has 0 saturated carbocycles. The standard InChI is InChI=1S/C13H13BrN2O2/c1-8-3-4-9(14)5-11(8)12-6-10(7-13(17)18)15-16(12)2/h3-6H,7H2,1-2H3,(H,17,18). The fourth-order valence-corrected chi connectivity index (χ4v) is 2.25. The molecule has 2 rings (SSSR count). The van der Waals surface area contributed by atoms with Crippen LogP contribution in [0, 0.1) is 6.92 Å². The molecule has 5 heteroatoms. The van der Waals surface area contributed by atoms with Crippen molar-refractivity contribution in [3.05, 3.63) is 40.0 Å². The third kappa shape index (κ3) is 2.61. The van der Waals surface area contributed by atoms with E-state index in [1.165, 1.54) is 0 Å². The summed E-state index contributed by atoms with van der Waals surface area (Å²) in [6.45, 7) is 2.02. The van der Waals surface area contributed by atoms with Crippen LogP contribution >= 0.6 is 15.9 Å². The fraction of sp³-hybridized carbons (Fsp3) is 0.231. The summed E-state index contributed by atoms with van der Waals surface area (Å²) < 4.78 is 2.71. The second-order valence-corrected chi connectivity index (χ2v) is 5.09. The lowest BCUT2D eigenvalue weighted by atomic mass is 10.1. The van der Waals surface area contributed by atoms with Gasteiger partial charge in [-0.15, -0.1) is 0 Å². The van der Waals surface area contributed by atoms with Crippen molar-refractivity contribution < 1.29 is 9.90 Å². The zero-order valence-electron chi connectivity index (χ0n) is 10.1. The van der Waals surface area contributed by atoms with Crippen LogP contribution < -0.4 is 0 Å². The Labute approximate surface area is 113 Å². The molecule has 0 bridgehead atoms. The Morgan fingerprint density at radius 1 is 1.44 bits per heavy atom. The minimum Gasteiger partial charge on any atom is -0.481 e. The van der Waals surface area contributed by atoms with Crippen molar-refractivity contribution in [2.24, 2.45) is 7.05 Å². The Morgan fingerprint density at radius 2 is 2.17 bits per heavy atom. The zero-order valence-corrected chi connectivity index (χ0v) is 11.7. The normalized spacial score (nSPS) is 10.6. The lowest BCUT2D eigenvalue weighted by molar-refractivity contribution is -0.136. The molecule has 4 nitrogen and oxygen atoms in total. The van der Waals surface area contributed by atoms with Crippen molar-refractivity contribution in [3.63, 3.8) is 0 Å². The summed E-state index contributed by atoms with van der Waals surface area (Å²) in [7, 11) is 1.82. The van der Waals surface area contributed by atoms with Gasteiger partial charge in [0.15, 0.2) is 0 Å². The van der Waals surface area contributed by atoms with Gasteiger partial charge in [0.1, 0.15) is 0 Å². The number of hydrogen-bond acceptors (Lipinski definition) is 2. The summed E-state index contributed by atoms with van der Waals surface area (Å²) in [6.07, 6.45) is -0.0547. The van der Waals surface area contributed by atoms with E-state index < -0.39 is 5.97 Å². The van der Waals surface area contributed by atoms with Crippen molar-refractivity contribution in [1.82, 2.24) is 9.78 Å². The van der Waals surface area contributed by atoms with E-state index in [0.29, 0.717) is 5.69 Å². The predicted molar refractivity (Wildman–Crippen MR) is 72.4 cm³/mol. The topological polar surface area (TPSA) is 55.1 Å². The Bertz CT molecular complexity index is 605. The number of aromatic nitrogens is 2. The molecule has 0 aliphatic carbocycles. The van der Waals surface area contributed by atoms with E-state index in [4.69, 9.17) is 5.11 Å².